The lowest BCUT2D eigenvalue weighted by Gasteiger charge is -2.30. The van der Waals surface area contributed by atoms with E-state index in [2.05, 4.69) is 5.32 Å². The van der Waals surface area contributed by atoms with Gasteiger partial charge in [0.15, 0.2) is 17.3 Å². The van der Waals surface area contributed by atoms with Gasteiger partial charge in [-0.05, 0) is 24.1 Å². The summed E-state index contributed by atoms with van der Waals surface area (Å²) in [6.07, 6.45) is 0.847. The predicted molar refractivity (Wildman–Crippen MR) is 129 cm³/mol. The lowest BCUT2D eigenvalue weighted by molar-refractivity contribution is 0.103. The molecule has 174 valence electrons. The third kappa shape index (κ3) is 3.02. The van der Waals surface area contributed by atoms with Gasteiger partial charge >= 0.3 is 5.69 Å². The molecule has 1 atom stereocenters. The number of fused-ring (bicyclic) bond motifs is 3. The Morgan fingerprint density at radius 1 is 0.971 bits per heavy atom. The topological polar surface area (TPSA) is 91.6 Å². The summed E-state index contributed by atoms with van der Waals surface area (Å²) in [7, 11) is 4.61. The number of nitrogens with zero attached hydrogens (tertiary/aromatic N) is 2. The van der Waals surface area contributed by atoms with Crippen molar-refractivity contribution in [1.82, 2.24) is 9.13 Å². The molecule has 0 radical (unpaired) electrons. The number of hydrogen-bond donors (Lipinski definition) is 1. The van der Waals surface area contributed by atoms with Crippen LogP contribution in [0.15, 0.2) is 57.6 Å². The number of rotatable bonds is 5. The number of benzene rings is 2. The zero-order valence-electron chi connectivity index (χ0n) is 19.5. The molecule has 1 aliphatic heterocycles. The van der Waals surface area contributed by atoms with Crippen LogP contribution < -0.4 is 26.0 Å². The molecule has 1 aliphatic carbocycles. The summed E-state index contributed by atoms with van der Waals surface area (Å²) in [5.74, 6) is 0.649. The second-order valence-corrected chi connectivity index (χ2v) is 8.45. The predicted octanol–water partition coefficient (Wildman–Crippen LogP) is 3.05. The van der Waals surface area contributed by atoms with E-state index in [9.17, 15) is 14.4 Å². The Kier molecular flexibility index (Phi) is 5.16. The zero-order valence-corrected chi connectivity index (χ0v) is 19.5. The molecule has 0 saturated heterocycles. The summed E-state index contributed by atoms with van der Waals surface area (Å²) in [5, 5.41) is 3.24. The molecule has 0 unspecified atom stereocenters. The molecule has 34 heavy (non-hydrogen) atoms. The minimum Gasteiger partial charge on any atom is -0.493 e. The van der Waals surface area contributed by atoms with E-state index in [0.717, 1.165) is 16.6 Å². The van der Waals surface area contributed by atoms with Crippen LogP contribution in [0.25, 0.3) is 5.70 Å². The Balaban J connectivity index is 1.80. The number of carbonyl (C=O) groups is 1. The molecule has 1 aromatic heterocycles. The smallest absolute Gasteiger partial charge is 0.332 e. The molecular weight excluding hydrogens is 434 g/mol. The summed E-state index contributed by atoms with van der Waals surface area (Å²) in [5.41, 5.74) is 2.56. The van der Waals surface area contributed by atoms with E-state index >= 15 is 0 Å². The van der Waals surface area contributed by atoms with Crippen LogP contribution in [0.2, 0.25) is 0 Å². The van der Waals surface area contributed by atoms with Gasteiger partial charge in [-0.3, -0.25) is 18.7 Å². The number of ether oxygens (including phenoxy) is 2. The normalized spacial score (nSPS) is 16.0. The maximum absolute atomic E-state index is 13.6. The van der Waals surface area contributed by atoms with Gasteiger partial charge in [-0.1, -0.05) is 37.3 Å². The highest BCUT2D eigenvalue weighted by Crippen LogP contribution is 2.48. The third-order valence-electron chi connectivity index (χ3n) is 6.46. The van der Waals surface area contributed by atoms with Gasteiger partial charge in [-0.15, -0.1) is 0 Å². The van der Waals surface area contributed by atoms with Gasteiger partial charge in [0.1, 0.15) is 5.82 Å². The van der Waals surface area contributed by atoms with Crippen molar-refractivity contribution in [2.45, 2.75) is 19.3 Å². The van der Waals surface area contributed by atoms with E-state index in [4.69, 9.17) is 9.47 Å². The fraction of sp³-hybridized carbons (Fsp3) is 0.269. The van der Waals surface area contributed by atoms with Crippen molar-refractivity contribution in [3.63, 3.8) is 0 Å². The molecule has 1 N–H and O–H groups in total. The van der Waals surface area contributed by atoms with Gasteiger partial charge in [0, 0.05) is 36.7 Å². The average molecular weight is 460 g/mol. The number of ketones is 1. The van der Waals surface area contributed by atoms with Crippen LogP contribution in [0.3, 0.4) is 0 Å². The molecule has 3 aromatic rings. The molecule has 2 aliphatic rings. The van der Waals surface area contributed by atoms with Crippen molar-refractivity contribution < 1.29 is 14.3 Å². The highest BCUT2D eigenvalue weighted by molar-refractivity contribution is 6.23. The number of hydrogen-bond acceptors (Lipinski definition) is 6. The Labute approximate surface area is 196 Å². The Morgan fingerprint density at radius 2 is 1.71 bits per heavy atom. The van der Waals surface area contributed by atoms with Crippen LogP contribution in [-0.4, -0.2) is 28.6 Å². The van der Waals surface area contributed by atoms with E-state index in [1.165, 1.54) is 11.6 Å². The number of allylic oxidation sites excluding steroid dienone is 1. The number of nitrogens with one attached hydrogen (secondary N) is 1. The number of carbonyl (C=O) groups excluding carboxylic acids is 1. The highest BCUT2D eigenvalue weighted by Gasteiger charge is 2.42. The molecule has 8 heteroatoms. The van der Waals surface area contributed by atoms with E-state index in [1.54, 1.807) is 32.4 Å². The first-order chi connectivity index (χ1) is 16.4. The van der Waals surface area contributed by atoms with E-state index in [-0.39, 0.29) is 5.78 Å². The number of anilines is 1. The summed E-state index contributed by atoms with van der Waals surface area (Å²) in [6.45, 7) is 2.56. The average Bonchev–Trinajstić information content (AvgIpc) is 3.15. The zero-order chi connectivity index (χ0) is 24.1. The van der Waals surface area contributed by atoms with Gasteiger partial charge in [-0.25, -0.2) is 4.79 Å². The van der Waals surface area contributed by atoms with E-state index < -0.39 is 17.2 Å². The van der Waals surface area contributed by atoms with Gasteiger partial charge in [0.05, 0.1) is 25.0 Å². The lowest BCUT2D eigenvalue weighted by Crippen LogP contribution is -2.42. The summed E-state index contributed by atoms with van der Waals surface area (Å²) in [6, 6.07) is 12.8. The van der Waals surface area contributed by atoms with Crippen molar-refractivity contribution in [1.29, 1.82) is 0 Å². The quantitative estimate of drug-likeness (QED) is 0.631. The number of aromatic nitrogens is 2. The molecule has 2 aromatic carbocycles. The molecule has 8 nitrogen and oxygen atoms in total. The summed E-state index contributed by atoms with van der Waals surface area (Å²) in [4.78, 5) is 39.7. The molecule has 0 saturated carbocycles. The van der Waals surface area contributed by atoms with Crippen LogP contribution in [0.5, 0.6) is 11.5 Å². The fourth-order valence-electron chi connectivity index (χ4n) is 4.79. The van der Waals surface area contributed by atoms with Crippen LogP contribution in [-0.2, 0) is 14.1 Å². The molecule has 0 fully saturated rings. The molecule has 0 amide bonds. The Bertz CT molecular complexity index is 1500. The fourth-order valence-corrected chi connectivity index (χ4v) is 4.79. The molecule has 5 rings (SSSR count). The summed E-state index contributed by atoms with van der Waals surface area (Å²) >= 11 is 0. The molecule has 2 heterocycles. The van der Waals surface area contributed by atoms with Crippen molar-refractivity contribution in [2.75, 3.05) is 19.0 Å². The Hall–Kier alpha value is -4.07. The van der Waals surface area contributed by atoms with Gasteiger partial charge in [0.2, 0.25) is 0 Å². The standard InChI is InChI=1S/C26H25N3O5/c1-5-12-34-17-11-10-14(13-18(17)33-4)19-20-22(15-8-6-7-9-16(15)23(20)30)27-24-21(19)25(31)29(3)26(32)28(24)2/h6-11,13,19,27H,5,12H2,1-4H3/t19-/m1/s1. The SMILES string of the molecule is CCCOc1ccc([C@@H]2C3=C(Nc4c2c(=O)n(C)c(=O)n4C)c2ccccc2C3=O)cc1OC. The van der Waals surface area contributed by atoms with Crippen molar-refractivity contribution in [2.24, 2.45) is 14.1 Å². The van der Waals surface area contributed by atoms with Crippen LogP contribution in [0.4, 0.5) is 5.82 Å². The molecule has 0 bridgehead atoms. The second kappa shape index (κ2) is 8.06. The van der Waals surface area contributed by atoms with Crippen LogP contribution >= 0.6 is 0 Å². The first kappa shape index (κ1) is 21.8. The lowest BCUT2D eigenvalue weighted by atomic mass is 9.81. The molecular formula is C26H25N3O5. The molecule has 0 spiro atoms. The minimum absolute atomic E-state index is 0.144. The monoisotopic (exact) mass is 459 g/mol. The van der Waals surface area contributed by atoms with Gasteiger partial charge < -0.3 is 14.8 Å². The van der Waals surface area contributed by atoms with Crippen molar-refractivity contribution in [3.8, 4) is 11.5 Å². The highest BCUT2D eigenvalue weighted by atomic mass is 16.5. The maximum Gasteiger partial charge on any atom is 0.332 e. The van der Waals surface area contributed by atoms with E-state index in [0.29, 0.717) is 51.9 Å². The number of Topliss-reactive ketones (excluding diaryl/α,β-unsaturated/α-hetero) is 1. The maximum atomic E-state index is 13.6. The second-order valence-electron chi connectivity index (χ2n) is 8.45. The number of methoxy groups -OCH3 is 1. The largest absolute Gasteiger partial charge is 0.493 e. The first-order valence-corrected chi connectivity index (χ1v) is 11.1. The van der Waals surface area contributed by atoms with Crippen LogP contribution in [0, 0.1) is 0 Å². The van der Waals surface area contributed by atoms with Crippen LogP contribution in [0.1, 0.15) is 46.3 Å². The minimum atomic E-state index is -0.689. The third-order valence-corrected chi connectivity index (χ3v) is 6.46. The summed E-state index contributed by atoms with van der Waals surface area (Å²) < 4.78 is 13.9. The van der Waals surface area contributed by atoms with Gasteiger partial charge in [-0.2, -0.15) is 0 Å². The van der Waals surface area contributed by atoms with E-state index in [1.807, 2.05) is 31.2 Å². The van der Waals surface area contributed by atoms with Crippen molar-refractivity contribution >= 4 is 17.3 Å². The van der Waals surface area contributed by atoms with Gasteiger partial charge in [0.25, 0.3) is 5.56 Å². The van der Waals surface area contributed by atoms with Crippen molar-refractivity contribution in [3.05, 3.63) is 91.1 Å². The first-order valence-electron chi connectivity index (χ1n) is 11.1. The Morgan fingerprint density at radius 3 is 2.41 bits per heavy atom.